The number of benzene rings is 1. The fourth-order valence-electron chi connectivity index (χ4n) is 2.43. The lowest BCUT2D eigenvalue weighted by atomic mass is 10.1. The van der Waals surface area contributed by atoms with Gasteiger partial charge < -0.3 is 14.8 Å². The lowest BCUT2D eigenvalue weighted by Gasteiger charge is -2.09. The van der Waals surface area contributed by atoms with Crippen LogP contribution in [0.15, 0.2) is 41.2 Å². The molecule has 1 aromatic carbocycles. The minimum absolute atomic E-state index is 0.00938. The minimum Gasteiger partial charge on any atom is -0.496 e. The Bertz CT molecular complexity index is 847. The van der Waals surface area contributed by atoms with Crippen LogP contribution in [-0.4, -0.2) is 41.9 Å². The van der Waals surface area contributed by atoms with E-state index in [9.17, 15) is 14.4 Å². The molecule has 1 amide bonds. The van der Waals surface area contributed by atoms with Crippen LogP contribution in [0.3, 0.4) is 0 Å². The second kappa shape index (κ2) is 10.1. The number of esters is 1. The van der Waals surface area contributed by atoms with Crippen LogP contribution in [0.25, 0.3) is 0 Å². The van der Waals surface area contributed by atoms with Crippen molar-refractivity contribution in [3.63, 3.8) is 0 Å². The second-order valence-corrected chi connectivity index (χ2v) is 5.77. The van der Waals surface area contributed by atoms with Crippen LogP contribution in [-0.2, 0) is 22.5 Å². The van der Waals surface area contributed by atoms with Gasteiger partial charge in [0.1, 0.15) is 5.75 Å². The molecule has 0 fully saturated rings. The Morgan fingerprint density at radius 3 is 2.70 bits per heavy atom. The molecule has 2 aromatic rings. The first-order valence-electron chi connectivity index (χ1n) is 8.69. The first kappa shape index (κ1) is 20.2. The lowest BCUT2D eigenvalue weighted by Crippen LogP contribution is -2.31. The molecule has 0 unspecified atom stereocenters. The van der Waals surface area contributed by atoms with Gasteiger partial charge in [-0.3, -0.25) is 9.59 Å². The van der Waals surface area contributed by atoms with Gasteiger partial charge >= 0.3 is 5.97 Å². The Hall–Kier alpha value is -3.16. The van der Waals surface area contributed by atoms with Crippen molar-refractivity contribution in [1.82, 2.24) is 15.1 Å². The molecule has 1 aromatic heterocycles. The third-order valence-corrected chi connectivity index (χ3v) is 3.75. The maximum Gasteiger partial charge on any atom is 0.359 e. The summed E-state index contributed by atoms with van der Waals surface area (Å²) in [6, 6.07) is 10.1. The van der Waals surface area contributed by atoms with E-state index >= 15 is 0 Å². The number of carbonyl (C=O) groups excluding carboxylic acids is 2. The van der Waals surface area contributed by atoms with E-state index in [0.717, 1.165) is 11.3 Å². The molecule has 8 heteroatoms. The summed E-state index contributed by atoms with van der Waals surface area (Å²) in [6.45, 7) is 2.27. The normalized spacial score (nSPS) is 10.3. The number of hydrogen-bond acceptors (Lipinski definition) is 6. The van der Waals surface area contributed by atoms with Crippen molar-refractivity contribution in [3.8, 4) is 5.75 Å². The highest BCUT2D eigenvalue weighted by Gasteiger charge is 2.13. The average Bonchev–Trinajstić information content (AvgIpc) is 2.68. The standard InChI is InChI=1S/C19H23N3O5/c1-3-12-22-18(24)9-8-15(21-22)19(25)27-13-17(23)20-11-10-14-6-4-5-7-16(14)26-2/h4-9H,3,10-13H2,1-2H3,(H,20,23). The highest BCUT2D eigenvalue weighted by molar-refractivity contribution is 5.89. The average molecular weight is 373 g/mol. The molecule has 0 aliphatic rings. The zero-order chi connectivity index (χ0) is 19.6. The molecule has 0 spiro atoms. The van der Waals surface area contributed by atoms with Crippen LogP contribution >= 0.6 is 0 Å². The van der Waals surface area contributed by atoms with Gasteiger partial charge in [-0.15, -0.1) is 0 Å². The molecule has 0 atom stereocenters. The summed E-state index contributed by atoms with van der Waals surface area (Å²) < 4.78 is 11.4. The van der Waals surface area contributed by atoms with Gasteiger partial charge in [-0.25, -0.2) is 9.48 Å². The van der Waals surface area contributed by atoms with E-state index in [4.69, 9.17) is 9.47 Å². The molecule has 27 heavy (non-hydrogen) atoms. The Kier molecular flexibility index (Phi) is 7.54. The van der Waals surface area contributed by atoms with Gasteiger partial charge in [0.25, 0.3) is 11.5 Å². The predicted molar refractivity (Wildman–Crippen MR) is 98.8 cm³/mol. The quantitative estimate of drug-likeness (QED) is 0.663. The van der Waals surface area contributed by atoms with Crippen molar-refractivity contribution >= 4 is 11.9 Å². The monoisotopic (exact) mass is 373 g/mol. The van der Waals surface area contributed by atoms with Crippen LogP contribution in [0.1, 0.15) is 29.4 Å². The Labute approximate surface area is 157 Å². The van der Waals surface area contributed by atoms with Gasteiger partial charge in [0.15, 0.2) is 12.3 Å². The number of amides is 1. The van der Waals surface area contributed by atoms with Gasteiger partial charge in [0.05, 0.1) is 7.11 Å². The van der Waals surface area contributed by atoms with Crippen molar-refractivity contribution < 1.29 is 19.1 Å². The van der Waals surface area contributed by atoms with Crippen LogP contribution < -0.4 is 15.6 Å². The fraction of sp³-hybridized carbons (Fsp3) is 0.368. The molecular weight excluding hydrogens is 350 g/mol. The SMILES string of the molecule is CCCn1nc(C(=O)OCC(=O)NCCc2ccccc2OC)ccc1=O. The van der Waals surface area contributed by atoms with E-state index < -0.39 is 18.5 Å². The summed E-state index contributed by atoms with van der Waals surface area (Å²) in [5.74, 6) is -0.411. The van der Waals surface area contributed by atoms with Crippen molar-refractivity contribution in [2.24, 2.45) is 0 Å². The van der Waals surface area contributed by atoms with E-state index in [2.05, 4.69) is 10.4 Å². The van der Waals surface area contributed by atoms with Crippen molar-refractivity contribution in [3.05, 3.63) is 58.0 Å². The van der Waals surface area contributed by atoms with Crippen LogP contribution in [0.2, 0.25) is 0 Å². The predicted octanol–water partition coefficient (Wildman–Crippen LogP) is 1.18. The van der Waals surface area contributed by atoms with Gasteiger partial charge in [-0.1, -0.05) is 25.1 Å². The molecule has 0 aliphatic carbocycles. The minimum atomic E-state index is -0.750. The number of aryl methyl sites for hydroxylation is 1. The second-order valence-electron chi connectivity index (χ2n) is 5.77. The summed E-state index contributed by atoms with van der Waals surface area (Å²) >= 11 is 0. The van der Waals surface area contributed by atoms with Gasteiger partial charge in [0.2, 0.25) is 0 Å². The third kappa shape index (κ3) is 5.95. The molecule has 0 aliphatic heterocycles. The van der Waals surface area contributed by atoms with E-state index in [1.807, 2.05) is 31.2 Å². The first-order chi connectivity index (χ1) is 13.0. The van der Waals surface area contributed by atoms with Crippen LogP contribution in [0, 0.1) is 0 Å². The summed E-state index contributed by atoms with van der Waals surface area (Å²) in [6.07, 6.45) is 1.30. The largest absolute Gasteiger partial charge is 0.496 e. The summed E-state index contributed by atoms with van der Waals surface area (Å²) in [5, 5.41) is 6.63. The molecule has 0 saturated carbocycles. The molecule has 0 bridgehead atoms. The molecule has 1 N–H and O–H groups in total. The number of rotatable bonds is 9. The zero-order valence-corrected chi connectivity index (χ0v) is 15.4. The maximum absolute atomic E-state index is 12.0. The Morgan fingerprint density at radius 2 is 1.96 bits per heavy atom. The van der Waals surface area contributed by atoms with Crippen LogP contribution in [0.5, 0.6) is 5.75 Å². The Balaban J connectivity index is 1.80. The molecule has 0 saturated heterocycles. The van der Waals surface area contributed by atoms with E-state index in [-0.39, 0.29) is 11.3 Å². The summed E-state index contributed by atoms with van der Waals surface area (Å²) in [5.41, 5.74) is 0.673. The van der Waals surface area contributed by atoms with Gasteiger partial charge in [0, 0.05) is 19.2 Å². The molecule has 1 heterocycles. The smallest absolute Gasteiger partial charge is 0.359 e. The number of hydrogen-bond donors (Lipinski definition) is 1. The van der Waals surface area contributed by atoms with Crippen molar-refractivity contribution in [2.75, 3.05) is 20.3 Å². The summed E-state index contributed by atoms with van der Waals surface area (Å²) in [7, 11) is 1.59. The highest BCUT2D eigenvalue weighted by atomic mass is 16.5. The van der Waals surface area contributed by atoms with Crippen LogP contribution in [0.4, 0.5) is 0 Å². The van der Waals surface area contributed by atoms with Gasteiger partial charge in [-0.05, 0) is 30.5 Å². The molecule has 0 radical (unpaired) electrons. The Morgan fingerprint density at radius 1 is 1.19 bits per heavy atom. The van der Waals surface area contributed by atoms with E-state index in [1.54, 1.807) is 7.11 Å². The molecule has 8 nitrogen and oxygen atoms in total. The number of ether oxygens (including phenoxy) is 2. The van der Waals surface area contributed by atoms with Crippen molar-refractivity contribution in [1.29, 1.82) is 0 Å². The van der Waals surface area contributed by atoms with E-state index in [0.29, 0.717) is 25.9 Å². The molecular formula is C19H23N3O5. The highest BCUT2D eigenvalue weighted by Crippen LogP contribution is 2.17. The van der Waals surface area contributed by atoms with Gasteiger partial charge in [-0.2, -0.15) is 5.10 Å². The maximum atomic E-state index is 12.0. The first-order valence-corrected chi connectivity index (χ1v) is 8.69. The zero-order valence-electron chi connectivity index (χ0n) is 15.4. The number of carbonyl (C=O) groups is 2. The number of nitrogens with one attached hydrogen (secondary N) is 1. The third-order valence-electron chi connectivity index (χ3n) is 3.75. The number of aromatic nitrogens is 2. The fourth-order valence-corrected chi connectivity index (χ4v) is 2.43. The molecule has 144 valence electrons. The lowest BCUT2D eigenvalue weighted by molar-refractivity contribution is -0.124. The number of para-hydroxylation sites is 1. The summed E-state index contributed by atoms with van der Waals surface area (Å²) in [4.78, 5) is 35.5. The number of methoxy groups -OCH3 is 1. The van der Waals surface area contributed by atoms with E-state index in [1.165, 1.54) is 16.8 Å². The topological polar surface area (TPSA) is 99.5 Å². The molecule has 2 rings (SSSR count). The van der Waals surface area contributed by atoms with Crippen molar-refractivity contribution in [2.45, 2.75) is 26.3 Å². The number of nitrogens with zero attached hydrogens (tertiary/aromatic N) is 2.